The lowest BCUT2D eigenvalue weighted by molar-refractivity contribution is 0.0949. The number of hydrogen-bond acceptors (Lipinski definition) is 4. The topological polar surface area (TPSA) is 54.7 Å². The molecule has 1 aromatic heterocycles. The molecule has 0 radical (unpaired) electrons. The van der Waals surface area contributed by atoms with Gasteiger partial charge in [0, 0.05) is 24.7 Å². The third-order valence-electron chi connectivity index (χ3n) is 4.11. The lowest BCUT2D eigenvalue weighted by atomic mass is 10.1. The lowest BCUT2D eigenvalue weighted by Crippen LogP contribution is -2.33. The zero-order valence-corrected chi connectivity index (χ0v) is 15.7. The van der Waals surface area contributed by atoms with E-state index in [0.717, 1.165) is 25.0 Å². The SMILES string of the molecule is CC(C)Oc1cc(C(=O)NCCN2CCCC2)cc2oc(Br)cc12. The Labute approximate surface area is 150 Å². The van der Waals surface area contributed by atoms with Crippen molar-refractivity contribution in [2.45, 2.75) is 32.8 Å². The molecule has 24 heavy (non-hydrogen) atoms. The second-order valence-corrected chi connectivity index (χ2v) is 7.19. The van der Waals surface area contributed by atoms with Crippen molar-refractivity contribution >= 4 is 32.8 Å². The van der Waals surface area contributed by atoms with Gasteiger partial charge in [-0.1, -0.05) is 0 Å². The van der Waals surface area contributed by atoms with Crippen LogP contribution in [0.25, 0.3) is 11.0 Å². The fraction of sp³-hybridized carbons (Fsp3) is 0.500. The summed E-state index contributed by atoms with van der Waals surface area (Å²) in [5, 5.41) is 3.85. The Bertz CT molecular complexity index is 720. The van der Waals surface area contributed by atoms with Crippen LogP contribution in [0.4, 0.5) is 0 Å². The molecule has 1 fully saturated rings. The third kappa shape index (κ3) is 4.11. The lowest BCUT2D eigenvalue weighted by Gasteiger charge is -2.15. The van der Waals surface area contributed by atoms with E-state index in [2.05, 4.69) is 26.1 Å². The fourth-order valence-corrected chi connectivity index (χ4v) is 3.40. The molecular formula is C18H23BrN2O3. The highest BCUT2D eigenvalue weighted by Gasteiger charge is 2.16. The number of furan rings is 1. The Morgan fingerprint density at radius 1 is 1.33 bits per heavy atom. The molecule has 130 valence electrons. The largest absolute Gasteiger partial charge is 0.490 e. The number of nitrogens with zero attached hydrogens (tertiary/aromatic N) is 1. The van der Waals surface area contributed by atoms with E-state index in [4.69, 9.17) is 9.15 Å². The van der Waals surface area contributed by atoms with Crippen molar-refractivity contribution in [3.05, 3.63) is 28.4 Å². The molecule has 1 N–H and O–H groups in total. The first-order chi connectivity index (χ1) is 11.5. The Morgan fingerprint density at radius 3 is 2.79 bits per heavy atom. The summed E-state index contributed by atoms with van der Waals surface area (Å²) in [6.07, 6.45) is 2.54. The molecule has 0 aliphatic carbocycles. The van der Waals surface area contributed by atoms with Gasteiger partial charge in [0.25, 0.3) is 5.91 Å². The van der Waals surface area contributed by atoms with Gasteiger partial charge in [-0.25, -0.2) is 0 Å². The van der Waals surface area contributed by atoms with Crippen LogP contribution in [0.5, 0.6) is 5.75 Å². The number of amides is 1. The number of carbonyl (C=O) groups excluding carboxylic acids is 1. The molecule has 1 aliphatic rings. The molecule has 1 saturated heterocycles. The first-order valence-electron chi connectivity index (χ1n) is 8.43. The summed E-state index contributed by atoms with van der Waals surface area (Å²) in [7, 11) is 0. The maximum absolute atomic E-state index is 12.5. The Morgan fingerprint density at radius 2 is 2.08 bits per heavy atom. The molecule has 0 unspecified atom stereocenters. The van der Waals surface area contributed by atoms with Crippen LogP contribution in [0.2, 0.25) is 0 Å². The molecule has 0 spiro atoms. The zero-order chi connectivity index (χ0) is 17.1. The summed E-state index contributed by atoms with van der Waals surface area (Å²) in [6.45, 7) is 7.74. The summed E-state index contributed by atoms with van der Waals surface area (Å²) in [4.78, 5) is 14.8. The summed E-state index contributed by atoms with van der Waals surface area (Å²) in [5.74, 6) is 0.568. The van der Waals surface area contributed by atoms with Crippen molar-refractivity contribution in [2.24, 2.45) is 0 Å². The van der Waals surface area contributed by atoms with Crippen molar-refractivity contribution in [1.82, 2.24) is 10.2 Å². The summed E-state index contributed by atoms with van der Waals surface area (Å²) >= 11 is 3.34. The summed E-state index contributed by atoms with van der Waals surface area (Å²) in [6, 6.07) is 5.41. The normalized spacial score (nSPS) is 15.3. The van der Waals surface area contributed by atoms with E-state index in [-0.39, 0.29) is 12.0 Å². The Balaban J connectivity index is 1.73. The molecule has 1 amide bonds. The second-order valence-electron chi connectivity index (χ2n) is 6.41. The molecular weight excluding hydrogens is 372 g/mol. The van der Waals surface area contributed by atoms with Gasteiger partial charge in [0.2, 0.25) is 0 Å². The Hall–Kier alpha value is -1.53. The quantitative estimate of drug-likeness (QED) is 0.808. The average Bonchev–Trinajstić information content (AvgIpc) is 3.15. The van der Waals surface area contributed by atoms with Crippen LogP contribution in [-0.4, -0.2) is 43.1 Å². The van der Waals surface area contributed by atoms with Crippen LogP contribution in [-0.2, 0) is 0 Å². The Kier molecular flexibility index (Phi) is 5.46. The van der Waals surface area contributed by atoms with Crippen LogP contribution in [0.1, 0.15) is 37.0 Å². The van der Waals surface area contributed by atoms with Gasteiger partial charge in [-0.3, -0.25) is 4.79 Å². The van der Waals surface area contributed by atoms with Gasteiger partial charge in [0.15, 0.2) is 4.67 Å². The van der Waals surface area contributed by atoms with Crippen LogP contribution >= 0.6 is 15.9 Å². The van der Waals surface area contributed by atoms with Crippen LogP contribution in [0, 0.1) is 0 Å². The fourth-order valence-electron chi connectivity index (χ4n) is 2.99. The highest BCUT2D eigenvalue weighted by atomic mass is 79.9. The minimum atomic E-state index is -0.0998. The number of rotatable bonds is 6. The van der Waals surface area contributed by atoms with Crippen LogP contribution in [0.15, 0.2) is 27.3 Å². The number of fused-ring (bicyclic) bond motifs is 1. The monoisotopic (exact) mass is 394 g/mol. The number of benzene rings is 1. The van der Waals surface area contributed by atoms with E-state index < -0.39 is 0 Å². The number of halogens is 1. The van der Waals surface area contributed by atoms with Crippen molar-refractivity contribution in [3.8, 4) is 5.75 Å². The maximum Gasteiger partial charge on any atom is 0.251 e. The molecule has 2 aromatic rings. The predicted octanol–water partition coefficient (Wildman–Crippen LogP) is 3.81. The van der Waals surface area contributed by atoms with Crippen molar-refractivity contribution in [1.29, 1.82) is 0 Å². The van der Waals surface area contributed by atoms with E-state index in [9.17, 15) is 4.79 Å². The minimum Gasteiger partial charge on any atom is -0.490 e. The van der Waals surface area contributed by atoms with Crippen molar-refractivity contribution in [2.75, 3.05) is 26.2 Å². The first kappa shape index (κ1) is 17.3. The molecule has 1 aromatic carbocycles. The highest BCUT2D eigenvalue weighted by Crippen LogP contribution is 2.33. The first-order valence-corrected chi connectivity index (χ1v) is 9.22. The van der Waals surface area contributed by atoms with E-state index in [1.165, 1.54) is 12.8 Å². The standard InChI is InChI=1S/C18H23BrN2O3/c1-12(2)23-15-9-13(10-16-14(15)11-17(19)24-16)18(22)20-5-8-21-6-3-4-7-21/h9-12H,3-8H2,1-2H3,(H,20,22). The molecule has 3 rings (SSSR count). The molecule has 5 nitrogen and oxygen atoms in total. The second kappa shape index (κ2) is 7.57. The zero-order valence-electron chi connectivity index (χ0n) is 14.1. The van der Waals surface area contributed by atoms with E-state index >= 15 is 0 Å². The average molecular weight is 395 g/mol. The van der Waals surface area contributed by atoms with Crippen molar-refractivity contribution in [3.63, 3.8) is 0 Å². The molecule has 6 heteroatoms. The summed E-state index contributed by atoms with van der Waals surface area (Å²) in [5.41, 5.74) is 1.20. The number of nitrogens with one attached hydrogen (secondary N) is 1. The van der Waals surface area contributed by atoms with Gasteiger partial charge in [-0.05, 0) is 67.8 Å². The molecule has 2 heterocycles. The van der Waals surface area contributed by atoms with Crippen LogP contribution < -0.4 is 10.1 Å². The minimum absolute atomic E-state index is 0.0235. The summed E-state index contributed by atoms with van der Waals surface area (Å²) < 4.78 is 12.1. The third-order valence-corrected chi connectivity index (χ3v) is 4.50. The van der Waals surface area contributed by atoms with Gasteiger partial charge in [-0.15, -0.1) is 0 Å². The molecule has 0 bridgehead atoms. The van der Waals surface area contributed by atoms with Crippen LogP contribution in [0.3, 0.4) is 0 Å². The number of likely N-dealkylation sites (tertiary alicyclic amines) is 1. The van der Waals surface area contributed by atoms with Gasteiger partial charge in [-0.2, -0.15) is 0 Å². The van der Waals surface area contributed by atoms with E-state index in [0.29, 0.717) is 28.1 Å². The van der Waals surface area contributed by atoms with Gasteiger partial charge in [0.05, 0.1) is 11.5 Å². The molecule has 0 atom stereocenters. The van der Waals surface area contributed by atoms with Gasteiger partial charge >= 0.3 is 0 Å². The maximum atomic E-state index is 12.5. The number of hydrogen-bond donors (Lipinski definition) is 1. The van der Waals surface area contributed by atoms with Crippen molar-refractivity contribution < 1.29 is 13.9 Å². The van der Waals surface area contributed by atoms with Gasteiger partial charge < -0.3 is 19.4 Å². The predicted molar refractivity (Wildman–Crippen MR) is 97.7 cm³/mol. The number of carbonyl (C=O) groups is 1. The number of ether oxygens (including phenoxy) is 1. The van der Waals surface area contributed by atoms with Gasteiger partial charge in [0.1, 0.15) is 11.3 Å². The highest BCUT2D eigenvalue weighted by molar-refractivity contribution is 9.10. The molecule has 1 aliphatic heterocycles. The van der Waals surface area contributed by atoms with E-state index in [1.807, 2.05) is 19.9 Å². The van der Waals surface area contributed by atoms with E-state index in [1.54, 1.807) is 12.1 Å². The smallest absolute Gasteiger partial charge is 0.251 e. The molecule has 0 saturated carbocycles.